The summed E-state index contributed by atoms with van der Waals surface area (Å²) in [6.07, 6.45) is 1.72. The highest BCUT2D eigenvalue weighted by Gasteiger charge is 2.06. The molecular formula is C19H15BrN2O2. The summed E-state index contributed by atoms with van der Waals surface area (Å²) in [5.74, 6) is -0.0919. The summed E-state index contributed by atoms with van der Waals surface area (Å²) in [4.78, 5) is 11.9. The van der Waals surface area contributed by atoms with Crippen LogP contribution in [0.5, 0.6) is 5.75 Å². The van der Waals surface area contributed by atoms with Crippen LogP contribution in [0.4, 0.5) is 0 Å². The lowest BCUT2D eigenvalue weighted by atomic mass is 10.0. The number of carbonyl (C=O) groups is 1. The SMILES string of the molecule is O=C(Cc1ccccc1)N/N=C\c1c(O)ccc2cc(Br)ccc12. The number of hydrazone groups is 1. The monoisotopic (exact) mass is 382 g/mol. The van der Waals surface area contributed by atoms with Crippen LogP contribution in [0.2, 0.25) is 0 Å². The van der Waals surface area contributed by atoms with E-state index in [4.69, 9.17) is 0 Å². The maximum absolute atomic E-state index is 11.9. The zero-order valence-electron chi connectivity index (χ0n) is 12.7. The fourth-order valence-corrected chi connectivity index (χ4v) is 2.82. The Kier molecular flexibility index (Phi) is 4.91. The van der Waals surface area contributed by atoms with Gasteiger partial charge in [0, 0.05) is 10.0 Å². The molecule has 0 aliphatic carbocycles. The summed E-state index contributed by atoms with van der Waals surface area (Å²) in [5.41, 5.74) is 3.98. The molecule has 0 aromatic heterocycles. The van der Waals surface area contributed by atoms with E-state index in [9.17, 15) is 9.90 Å². The molecule has 0 spiro atoms. The first-order valence-corrected chi connectivity index (χ1v) is 8.20. The number of carbonyl (C=O) groups excluding carboxylic acids is 1. The normalized spacial score (nSPS) is 11.0. The van der Waals surface area contributed by atoms with Gasteiger partial charge in [0.15, 0.2) is 0 Å². The van der Waals surface area contributed by atoms with Crippen molar-refractivity contribution in [3.8, 4) is 5.75 Å². The molecule has 3 aromatic rings. The van der Waals surface area contributed by atoms with Crippen LogP contribution < -0.4 is 5.43 Å². The van der Waals surface area contributed by atoms with Gasteiger partial charge in [0.1, 0.15) is 5.75 Å². The number of fused-ring (bicyclic) bond motifs is 1. The minimum atomic E-state index is -0.208. The Morgan fingerprint density at radius 1 is 1.12 bits per heavy atom. The van der Waals surface area contributed by atoms with E-state index in [-0.39, 0.29) is 18.1 Å². The number of nitrogens with zero attached hydrogens (tertiary/aromatic N) is 1. The van der Waals surface area contributed by atoms with Crippen molar-refractivity contribution >= 4 is 38.8 Å². The average molecular weight is 383 g/mol. The van der Waals surface area contributed by atoms with Crippen molar-refractivity contribution in [2.45, 2.75) is 6.42 Å². The Morgan fingerprint density at radius 3 is 2.71 bits per heavy atom. The fourth-order valence-electron chi connectivity index (χ4n) is 2.44. The molecule has 0 atom stereocenters. The summed E-state index contributed by atoms with van der Waals surface area (Å²) < 4.78 is 0.958. The summed E-state index contributed by atoms with van der Waals surface area (Å²) in [7, 11) is 0. The fraction of sp³-hybridized carbons (Fsp3) is 0.0526. The highest BCUT2D eigenvalue weighted by Crippen LogP contribution is 2.27. The lowest BCUT2D eigenvalue weighted by Crippen LogP contribution is -2.19. The van der Waals surface area contributed by atoms with Gasteiger partial charge in [-0.2, -0.15) is 5.10 Å². The van der Waals surface area contributed by atoms with Crippen LogP contribution >= 0.6 is 15.9 Å². The molecule has 0 aliphatic heterocycles. The topological polar surface area (TPSA) is 61.7 Å². The van der Waals surface area contributed by atoms with Crippen LogP contribution in [0.3, 0.4) is 0 Å². The Bertz CT molecular complexity index is 908. The van der Waals surface area contributed by atoms with Gasteiger partial charge in [0.05, 0.1) is 12.6 Å². The van der Waals surface area contributed by atoms with Gasteiger partial charge in [-0.15, -0.1) is 0 Å². The minimum Gasteiger partial charge on any atom is -0.507 e. The number of rotatable bonds is 4. The molecule has 0 unspecified atom stereocenters. The molecule has 5 heteroatoms. The third kappa shape index (κ3) is 3.81. The largest absolute Gasteiger partial charge is 0.507 e. The van der Waals surface area contributed by atoms with Crippen molar-refractivity contribution < 1.29 is 9.90 Å². The number of amides is 1. The Labute approximate surface area is 148 Å². The predicted octanol–water partition coefficient (Wildman–Crippen LogP) is 4.00. The zero-order chi connectivity index (χ0) is 16.9. The second-order valence-corrected chi connectivity index (χ2v) is 6.24. The van der Waals surface area contributed by atoms with Crippen LogP contribution in [0.15, 0.2) is 70.2 Å². The molecule has 120 valence electrons. The highest BCUT2D eigenvalue weighted by atomic mass is 79.9. The lowest BCUT2D eigenvalue weighted by molar-refractivity contribution is -0.120. The summed E-state index contributed by atoms with van der Waals surface area (Å²) in [6, 6.07) is 18.6. The molecule has 3 aromatic carbocycles. The Balaban J connectivity index is 1.76. The van der Waals surface area contributed by atoms with E-state index in [1.165, 1.54) is 6.21 Å². The number of hydrogen-bond acceptors (Lipinski definition) is 3. The van der Waals surface area contributed by atoms with Crippen molar-refractivity contribution in [3.05, 3.63) is 76.3 Å². The number of benzene rings is 3. The molecule has 4 nitrogen and oxygen atoms in total. The smallest absolute Gasteiger partial charge is 0.244 e. The molecule has 24 heavy (non-hydrogen) atoms. The van der Waals surface area contributed by atoms with E-state index in [1.54, 1.807) is 6.07 Å². The van der Waals surface area contributed by atoms with Crippen molar-refractivity contribution in [1.82, 2.24) is 5.43 Å². The first-order chi connectivity index (χ1) is 11.6. The standard InChI is InChI=1S/C19H15BrN2O2/c20-15-7-8-16-14(11-15)6-9-18(23)17(16)12-21-22-19(24)10-13-4-2-1-3-5-13/h1-9,11-12,23H,10H2,(H,22,24)/b21-12-. The minimum absolute atomic E-state index is 0.117. The van der Waals surface area contributed by atoms with E-state index >= 15 is 0 Å². The average Bonchev–Trinajstić information content (AvgIpc) is 2.58. The van der Waals surface area contributed by atoms with Crippen LogP contribution in [0.25, 0.3) is 10.8 Å². The van der Waals surface area contributed by atoms with Crippen molar-refractivity contribution in [1.29, 1.82) is 0 Å². The molecule has 2 N–H and O–H groups in total. The third-order valence-corrected chi connectivity index (χ3v) is 4.08. The van der Waals surface area contributed by atoms with Gasteiger partial charge in [-0.1, -0.05) is 58.4 Å². The molecule has 0 fully saturated rings. The highest BCUT2D eigenvalue weighted by molar-refractivity contribution is 9.10. The number of nitrogens with one attached hydrogen (secondary N) is 1. The van der Waals surface area contributed by atoms with E-state index in [1.807, 2.05) is 54.6 Å². The van der Waals surface area contributed by atoms with E-state index < -0.39 is 0 Å². The maximum Gasteiger partial charge on any atom is 0.244 e. The number of halogens is 1. The van der Waals surface area contributed by atoms with E-state index in [0.717, 1.165) is 20.8 Å². The molecule has 0 saturated heterocycles. The second kappa shape index (κ2) is 7.27. The van der Waals surface area contributed by atoms with Gasteiger partial charge in [0.25, 0.3) is 0 Å². The summed E-state index contributed by atoms with van der Waals surface area (Å²) >= 11 is 3.43. The Hall–Kier alpha value is -2.66. The van der Waals surface area contributed by atoms with Gasteiger partial charge < -0.3 is 5.11 Å². The first-order valence-electron chi connectivity index (χ1n) is 7.40. The van der Waals surface area contributed by atoms with E-state index in [0.29, 0.717) is 5.56 Å². The number of phenolic OH excluding ortho intramolecular Hbond substituents is 1. The van der Waals surface area contributed by atoms with Gasteiger partial charge >= 0.3 is 0 Å². The lowest BCUT2D eigenvalue weighted by Gasteiger charge is -2.06. The van der Waals surface area contributed by atoms with Crippen molar-refractivity contribution in [3.63, 3.8) is 0 Å². The number of aromatic hydroxyl groups is 1. The molecule has 0 heterocycles. The van der Waals surface area contributed by atoms with Gasteiger partial charge in [-0.05, 0) is 34.5 Å². The molecule has 3 rings (SSSR count). The van der Waals surface area contributed by atoms with Crippen LogP contribution in [0.1, 0.15) is 11.1 Å². The summed E-state index contributed by atoms with van der Waals surface area (Å²) in [6.45, 7) is 0. The van der Waals surface area contributed by atoms with Gasteiger partial charge in [-0.25, -0.2) is 5.43 Å². The van der Waals surface area contributed by atoms with Crippen LogP contribution in [-0.2, 0) is 11.2 Å². The molecule has 1 amide bonds. The first kappa shape index (κ1) is 16.2. The van der Waals surface area contributed by atoms with Crippen molar-refractivity contribution in [2.24, 2.45) is 5.10 Å². The molecule has 0 radical (unpaired) electrons. The van der Waals surface area contributed by atoms with E-state index in [2.05, 4.69) is 26.5 Å². The number of hydrogen-bond donors (Lipinski definition) is 2. The zero-order valence-corrected chi connectivity index (χ0v) is 14.3. The predicted molar refractivity (Wildman–Crippen MR) is 99.2 cm³/mol. The Morgan fingerprint density at radius 2 is 1.92 bits per heavy atom. The van der Waals surface area contributed by atoms with Crippen LogP contribution in [0, 0.1) is 0 Å². The number of phenols is 1. The summed E-state index contributed by atoms with van der Waals surface area (Å²) in [5, 5.41) is 15.9. The van der Waals surface area contributed by atoms with Crippen LogP contribution in [-0.4, -0.2) is 17.2 Å². The van der Waals surface area contributed by atoms with Gasteiger partial charge in [-0.3, -0.25) is 4.79 Å². The van der Waals surface area contributed by atoms with Gasteiger partial charge in [0.2, 0.25) is 5.91 Å². The quantitative estimate of drug-likeness (QED) is 0.529. The van der Waals surface area contributed by atoms with Crippen molar-refractivity contribution in [2.75, 3.05) is 0 Å². The molecule has 0 saturated carbocycles. The second-order valence-electron chi connectivity index (χ2n) is 5.32. The molecule has 0 aliphatic rings. The molecular weight excluding hydrogens is 368 g/mol. The third-order valence-electron chi connectivity index (χ3n) is 3.59. The maximum atomic E-state index is 11.9. The molecule has 0 bridgehead atoms.